The van der Waals surface area contributed by atoms with Crippen LogP contribution in [0.2, 0.25) is 0 Å². The van der Waals surface area contributed by atoms with Crippen LogP contribution in [0.1, 0.15) is 265 Å². The molecule has 6 nitrogen and oxygen atoms in total. The zero-order chi connectivity index (χ0) is 41.5. The molecular formula is C51H94O6. The van der Waals surface area contributed by atoms with Gasteiger partial charge in [-0.25, -0.2) is 0 Å². The topological polar surface area (TPSA) is 78.9 Å². The first-order chi connectivity index (χ1) is 28.0. The van der Waals surface area contributed by atoms with Crippen LogP contribution < -0.4 is 0 Å². The van der Waals surface area contributed by atoms with Gasteiger partial charge in [0.15, 0.2) is 6.10 Å². The molecule has 0 spiro atoms. The predicted molar refractivity (Wildman–Crippen MR) is 243 cm³/mol. The van der Waals surface area contributed by atoms with Gasteiger partial charge in [-0.1, -0.05) is 199 Å². The highest BCUT2D eigenvalue weighted by atomic mass is 16.7. The average molecular weight is 806 g/mol. The molecule has 0 rings (SSSR count). The van der Waals surface area contributed by atoms with Gasteiger partial charge in [-0.05, 0) is 70.6 Å². The molecule has 0 amide bonds. The number of carbonyl (C=O) groups is 3. The highest BCUT2D eigenvalue weighted by Crippen LogP contribution is 2.14. The fourth-order valence-electron chi connectivity index (χ4n) is 7.14. The van der Waals surface area contributed by atoms with Crippen molar-refractivity contribution in [2.75, 3.05) is 13.2 Å². The standard InChI is InChI=1S/C51H94O6/c1-4-7-10-13-16-19-21-23-25-27-29-32-35-38-41-44-50(53)56-47-48(46-55-49(52)43-40-37-34-31-18-15-12-9-6-3)57-51(54)45-42-39-36-33-30-28-26-24-22-20-17-14-11-8-5-2/h23-26,48H,4-22,27-47H2,1-3H3/b25-23+,26-24+/i46+1,47+1,48+1. The summed E-state index contributed by atoms with van der Waals surface area (Å²) in [7, 11) is 0. The van der Waals surface area contributed by atoms with E-state index in [1.54, 1.807) is 0 Å². The summed E-state index contributed by atoms with van der Waals surface area (Å²) in [5, 5.41) is 0. The molecule has 0 heterocycles. The lowest BCUT2D eigenvalue weighted by Gasteiger charge is -2.18. The van der Waals surface area contributed by atoms with E-state index in [0.717, 1.165) is 70.6 Å². The minimum absolute atomic E-state index is 0.0743. The first-order valence-electron chi connectivity index (χ1n) is 24.8. The van der Waals surface area contributed by atoms with E-state index >= 15 is 0 Å². The van der Waals surface area contributed by atoms with Gasteiger partial charge >= 0.3 is 17.9 Å². The third-order valence-corrected chi connectivity index (χ3v) is 10.9. The first-order valence-corrected chi connectivity index (χ1v) is 24.8. The Labute approximate surface area is 353 Å². The van der Waals surface area contributed by atoms with Crippen LogP contribution in [0.15, 0.2) is 24.3 Å². The predicted octanol–water partition coefficient (Wildman–Crippen LogP) is 16.0. The van der Waals surface area contributed by atoms with Crippen LogP contribution in [0.4, 0.5) is 0 Å². The minimum atomic E-state index is -0.772. The van der Waals surface area contributed by atoms with Crippen LogP contribution in [-0.4, -0.2) is 37.2 Å². The molecule has 57 heavy (non-hydrogen) atoms. The fraction of sp³-hybridized carbons (Fsp3) is 0.863. The summed E-state index contributed by atoms with van der Waals surface area (Å²) in [5.41, 5.74) is 0. The Morgan fingerprint density at radius 2 is 0.579 bits per heavy atom. The molecule has 0 aliphatic rings. The van der Waals surface area contributed by atoms with Crippen molar-refractivity contribution in [3.63, 3.8) is 0 Å². The molecule has 0 aliphatic carbocycles. The Morgan fingerprint density at radius 1 is 0.333 bits per heavy atom. The summed E-state index contributed by atoms with van der Waals surface area (Å²) in [6.07, 6.45) is 51.6. The SMILES string of the molecule is CCCCCCCC/C=C/CCCCCCCC(=O)O[13CH2][13CH]([13CH2]OC(=O)CCCCCCCCCCC)OC(=O)CCCCCCC/C=C/CCCCCCCC. The largest absolute Gasteiger partial charge is 0.462 e. The van der Waals surface area contributed by atoms with Crippen LogP contribution in [-0.2, 0) is 28.6 Å². The maximum absolute atomic E-state index is 12.7. The number of carbonyl (C=O) groups excluding carboxylic acids is 3. The van der Waals surface area contributed by atoms with Crippen molar-refractivity contribution in [3.05, 3.63) is 24.3 Å². The highest BCUT2D eigenvalue weighted by Gasteiger charge is 2.19. The van der Waals surface area contributed by atoms with E-state index < -0.39 is 6.10 Å². The number of ether oxygens (including phenoxy) is 3. The van der Waals surface area contributed by atoms with Crippen molar-refractivity contribution in [2.24, 2.45) is 0 Å². The molecule has 1 unspecified atom stereocenters. The molecule has 0 aromatic carbocycles. The van der Waals surface area contributed by atoms with Crippen molar-refractivity contribution < 1.29 is 28.6 Å². The van der Waals surface area contributed by atoms with Crippen molar-refractivity contribution in [2.45, 2.75) is 271 Å². The van der Waals surface area contributed by atoms with Gasteiger partial charge in [-0.2, -0.15) is 0 Å². The second-order valence-corrected chi connectivity index (χ2v) is 16.7. The summed E-state index contributed by atoms with van der Waals surface area (Å²) >= 11 is 0. The fourth-order valence-corrected chi connectivity index (χ4v) is 7.14. The van der Waals surface area contributed by atoms with E-state index in [4.69, 9.17) is 14.2 Å². The van der Waals surface area contributed by atoms with E-state index in [1.165, 1.54) is 154 Å². The van der Waals surface area contributed by atoms with Crippen molar-refractivity contribution in [3.8, 4) is 0 Å². The molecule has 0 N–H and O–H groups in total. The zero-order valence-electron chi connectivity index (χ0n) is 38.1. The monoisotopic (exact) mass is 806 g/mol. The minimum Gasteiger partial charge on any atom is -0.462 e. The van der Waals surface area contributed by atoms with Crippen LogP contribution >= 0.6 is 0 Å². The average Bonchev–Trinajstić information content (AvgIpc) is 3.21. The normalized spacial score (nSPS) is 12.1. The number of esters is 3. The van der Waals surface area contributed by atoms with E-state index in [-0.39, 0.29) is 31.1 Å². The number of hydrogen-bond acceptors (Lipinski definition) is 6. The van der Waals surface area contributed by atoms with Crippen LogP contribution in [0.3, 0.4) is 0 Å². The quantitative estimate of drug-likeness (QED) is 0.0200. The van der Waals surface area contributed by atoms with Gasteiger partial charge in [0.1, 0.15) is 13.2 Å². The molecule has 0 aromatic heterocycles. The molecule has 6 heteroatoms. The van der Waals surface area contributed by atoms with Gasteiger partial charge < -0.3 is 14.2 Å². The summed E-state index contributed by atoms with van der Waals surface area (Å²) in [6, 6.07) is 0. The van der Waals surface area contributed by atoms with Gasteiger partial charge in [0.25, 0.3) is 0 Å². The van der Waals surface area contributed by atoms with Crippen LogP contribution in [0, 0.1) is 0 Å². The maximum Gasteiger partial charge on any atom is 0.306 e. The van der Waals surface area contributed by atoms with Gasteiger partial charge in [0.2, 0.25) is 0 Å². The number of rotatable bonds is 45. The summed E-state index contributed by atoms with van der Waals surface area (Å²) < 4.78 is 16.7. The third-order valence-electron chi connectivity index (χ3n) is 10.9. The lowest BCUT2D eigenvalue weighted by Crippen LogP contribution is -2.30. The Kier molecular flexibility index (Phi) is 44.9. The maximum atomic E-state index is 12.7. The van der Waals surface area contributed by atoms with Crippen LogP contribution in [0.25, 0.3) is 0 Å². The molecule has 0 aliphatic heterocycles. The summed E-state index contributed by atoms with van der Waals surface area (Å²) in [6.45, 7) is 6.61. The molecule has 0 saturated heterocycles. The van der Waals surface area contributed by atoms with E-state index in [1.807, 2.05) is 0 Å². The van der Waals surface area contributed by atoms with Gasteiger partial charge in [-0.3, -0.25) is 14.4 Å². The number of allylic oxidation sites excluding steroid dienone is 4. The van der Waals surface area contributed by atoms with Crippen molar-refractivity contribution >= 4 is 17.9 Å². The first kappa shape index (κ1) is 54.9. The van der Waals surface area contributed by atoms with Gasteiger partial charge in [0, 0.05) is 19.3 Å². The second kappa shape index (κ2) is 46.6. The molecule has 0 bridgehead atoms. The van der Waals surface area contributed by atoms with Gasteiger partial charge in [-0.15, -0.1) is 0 Å². The molecule has 0 saturated carbocycles. The van der Waals surface area contributed by atoms with E-state index in [9.17, 15) is 14.4 Å². The lowest BCUT2D eigenvalue weighted by atomic mass is 10.1. The molecule has 0 fully saturated rings. The highest BCUT2D eigenvalue weighted by molar-refractivity contribution is 5.71. The molecule has 0 aromatic rings. The summed E-state index contributed by atoms with van der Waals surface area (Å²) in [5.74, 6) is -0.885. The van der Waals surface area contributed by atoms with Crippen LogP contribution in [0.5, 0.6) is 0 Å². The van der Waals surface area contributed by atoms with E-state index in [2.05, 4.69) is 45.1 Å². The van der Waals surface area contributed by atoms with Crippen molar-refractivity contribution in [1.29, 1.82) is 0 Å². The third kappa shape index (κ3) is 44.8. The number of hydrogen-bond donors (Lipinski definition) is 0. The molecule has 334 valence electrons. The van der Waals surface area contributed by atoms with Crippen molar-refractivity contribution in [1.82, 2.24) is 0 Å². The Balaban J connectivity index is 4.34. The molecular weight excluding hydrogens is 712 g/mol. The Morgan fingerprint density at radius 3 is 0.877 bits per heavy atom. The zero-order valence-corrected chi connectivity index (χ0v) is 38.1. The smallest absolute Gasteiger partial charge is 0.306 e. The molecule has 1 atom stereocenters. The van der Waals surface area contributed by atoms with Gasteiger partial charge in [0.05, 0.1) is 0 Å². The lowest BCUT2D eigenvalue weighted by molar-refractivity contribution is -0.167. The molecule has 0 radical (unpaired) electrons. The van der Waals surface area contributed by atoms with E-state index in [0.29, 0.717) is 19.3 Å². The Bertz CT molecular complexity index is 927. The summed E-state index contributed by atoms with van der Waals surface area (Å²) in [4.78, 5) is 37.8. The second-order valence-electron chi connectivity index (χ2n) is 16.7. The Hall–Kier alpha value is -2.11. The number of unbranched alkanes of at least 4 members (excludes halogenated alkanes) is 30.